The summed E-state index contributed by atoms with van der Waals surface area (Å²) >= 11 is 1.86. The second-order valence-corrected chi connectivity index (χ2v) is 4.79. The molecule has 0 saturated heterocycles. The van der Waals surface area contributed by atoms with Gasteiger partial charge in [-0.15, -0.1) is 11.8 Å². The van der Waals surface area contributed by atoms with Crippen molar-refractivity contribution in [2.24, 2.45) is 0 Å². The van der Waals surface area contributed by atoms with Crippen LogP contribution in [0.5, 0.6) is 0 Å². The Morgan fingerprint density at radius 1 is 0.875 bits per heavy atom. The van der Waals surface area contributed by atoms with Crippen LogP contribution in [-0.4, -0.2) is 5.75 Å². The summed E-state index contributed by atoms with van der Waals surface area (Å²) in [6, 6.07) is 18.7. The second kappa shape index (κ2) is 5.61. The predicted octanol–water partition coefficient (Wildman–Crippen LogP) is 4.54. The van der Waals surface area contributed by atoms with Gasteiger partial charge in [-0.1, -0.05) is 25.1 Å². The van der Waals surface area contributed by atoms with E-state index in [1.165, 1.54) is 4.90 Å². The first-order valence-corrected chi connectivity index (χ1v) is 6.42. The number of rotatable bonds is 4. The first-order valence-electron chi connectivity index (χ1n) is 5.43. The maximum atomic E-state index is 3.36. The molecule has 0 aliphatic heterocycles. The fraction of sp³-hybridized carbons (Fsp3) is 0.143. The van der Waals surface area contributed by atoms with Crippen LogP contribution in [0.15, 0.2) is 59.5 Å². The lowest BCUT2D eigenvalue weighted by Gasteiger charge is -2.06. The molecule has 2 heteroatoms. The fourth-order valence-electron chi connectivity index (χ4n) is 1.49. The highest BCUT2D eigenvalue weighted by Crippen LogP contribution is 2.21. The van der Waals surface area contributed by atoms with Gasteiger partial charge in [0, 0.05) is 16.3 Å². The monoisotopic (exact) mass is 229 g/mol. The molecular formula is C14H15NS. The van der Waals surface area contributed by atoms with Crippen LogP contribution in [-0.2, 0) is 0 Å². The zero-order valence-electron chi connectivity index (χ0n) is 9.31. The van der Waals surface area contributed by atoms with Gasteiger partial charge in [0.2, 0.25) is 0 Å². The summed E-state index contributed by atoms with van der Waals surface area (Å²) in [5.41, 5.74) is 2.25. The molecule has 0 saturated carbocycles. The first-order chi connectivity index (χ1) is 7.88. The summed E-state index contributed by atoms with van der Waals surface area (Å²) in [6.07, 6.45) is 0. The molecule has 0 aromatic heterocycles. The average Bonchev–Trinajstić information content (AvgIpc) is 2.33. The van der Waals surface area contributed by atoms with Crippen molar-refractivity contribution >= 4 is 23.1 Å². The van der Waals surface area contributed by atoms with E-state index in [2.05, 4.69) is 48.6 Å². The molecule has 0 bridgehead atoms. The highest BCUT2D eigenvalue weighted by atomic mass is 32.2. The Morgan fingerprint density at radius 3 is 2.12 bits per heavy atom. The minimum Gasteiger partial charge on any atom is -0.356 e. The lowest BCUT2D eigenvalue weighted by atomic mass is 10.3. The topological polar surface area (TPSA) is 12.0 Å². The molecule has 1 N–H and O–H groups in total. The summed E-state index contributed by atoms with van der Waals surface area (Å²) in [6.45, 7) is 2.17. The van der Waals surface area contributed by atoms with Gasteiger partial charge in [-0.2, -0.15) is 0 Å². The Bertz CT molecular complexity index is 422. The Morgan fingerprint density at radius 2 is 1.50 bits per heavy atom. The standard InChI is InChI=1S/C14H15NS/c1-2-16-14-10-8-13(9-11-14)15-12-6-4-3-5-7-12/h3-11,15H,2H2,1H3. The Kier molecular flexibility index (Phi) is 3.89. The van der Waals surface area contributed by atoms with Crippen LogP contribution in [0, 0.1) is 0 Å². The van der Waals surface area contributed by atoms with Crippen molar-refractivity contribution in [2.45, 2.75) is 11.8 Å². The number of nitrogens with one attached hydrogen (secondary N) is 1. The summed E-state index contributed by atoms with van der Waals surface area (Å²) in [5.74, 6) is 1.12. The van der Waals surface area contributed by atoms with E-state index < -0.39 is 0 Å². The third kappa shape index (κ3) is 3.04. The third-order valence-corrected chi connectivity index (χ3v) is 3.12. The first kappa shape index (κ1) is 11.1. The molecule has 0 fully saturated rings. The molecule has 1 nitrogen and oxygen atoms in total. The van der Waals surface area contributed by atoms with Crippen molar-refractivity contribution in [1.29, 1.82) is 0 Å². The molecule has 0 radical (unpaired) electrons. The number of para-hydroxylation sites is 1. The van der Waals surface area contributed by atoms with E-state index in [1.54, 1.807) is 0 Å². The number of hydrogen-bond donors (Lipinski definition) is 1. The van der Waals surface area contributed by atoms with Gasteiger partial charge >= 0.3 is 0 Å². The maximum Gasteiger partial charge on any atom is 0.0385 e. The lowest BCUT2D eigenvalue weighted by Crippen LogP contribution is -1.88. The minimum atomic E-state index is 1.12. The van der Waals surface area contributed by atoms with E-state index in [4.69, 9.17) is 0 Å². The number of anilines is 2. The second-order valence-electron chi connectivity index (χ2n) is 3.45. The Labute approximate surface area is 101 Å². The van der Waals surface area contributed by atoms with E-state index >= 15 is 0 Å². The molecule has 82 valence electrons. The van der Waals surface area contributed by atoms with Gasteiger partial charge < -0.3 is 5.32 Å². The largest absolute Gasteiger partial charge is 0.356 e. The normalized spacial score (nSPS) is 10.1. The van der Waals surface area contributed by atoms with Crippen molar-refractivity contribution in [3.05, 3.63) is 54.6 Å². The van der Waals surface area contributed by atoms with Crippen LogP contribution in [0.25, 0.3) is 0 Å². The van der Waals surface area contributed by atoms with Gasteiger partial charge in [0.15, 0.2) is 0 Å². The average molecular weight is 229 g/mol. The molecule has 0 aliphatic carbocycles. The number of hydrogen-bond acceptors (Lipinski definition) is 2. The molecule has 0 spiro atoms. The maximum absolute atomic E-state index is 3.36. The quantitative estimate of drug-likeness (QED) is 0.772. The van der Waals surface area contributed by atoms with E-state index in [1.807, 2.05) is 30.0 Å². The molecule has 0 atom stereocenters. The smallest absolute Gasteiger partial charge is 0.0385 e. The van der Waals surface area contributed by atoms with Crippen molar-refractivity contribution in [3.63, 3.8) is 0 Å². The van der Waals surface area contributed by atoms with Crippen LogP contribution in [0.1, 0.15) is 6.92 Å². The molecule has 16 heavy (non-hydrogen) atoms. The highest BCUT2D eigenvalue weighted by molar-refractivity contribution is 7.99. The van der Waals surface area contributed by atoms with E-state index in [0.717, 1.165) is 17.1 Å². The Balaban J connectivity index is 2.05. The highest BCUT2D eigenvalue weighted by Gasteiger charge is 1.94. The predicted molar refractivity (Wildman–Crippen MR) is 72.6 cm³/mol. The Hall–Kier alpha value is -1.41. The molecular weight excluding hydrogens is 214 g/mol. The van der Waals surface area contributed by atoms with E-state index in [-0.39, 0.29) is 0 Å². The zero-order chi connectivity index (χ0) is 11.2. The van der Waals surface area contributed by atoms with Gasteiger partial charge in [0.1, 0.15) is 0 Å². The van der Waals surface area contributed by atoms with Crippen molar-refractivity contribution < 1.29 is 0 Å². The van der Waals surface area contributed by atoms with Crippen LogP contribution >= 0.6 is 11.8 Å². The number of benzene rings is 2. The molecule has 0 unspecified atom stereocenters. The van der Waals surface area contributed by atoms with Gasteiger partial charge in [0.25, 0.3) is 0 Å². The molecule has 2 rings (SSSR count). The van der Waals surface area contributed by atoms with Crippen LogP contribution in [0.2, 0.25) is 0 Å². The summed E-state index contributed by atoms with van der Waals surface area (Å²) in [5, 5.41) is 3.36. The molecule has 0 heterocycles. The minimum absolute atomic E-state index is 1.12. The summed E-state index contributed by atoms with van der Waals surface area (Å²) in [7, 11) is 0. The SMILES string of the molecule is CCSc1ccc(Nc2ccccc2)cc1. The lowest BCUT2D eigenvalue weighted by molar-refractivity contribution is 1.42. The molecule has 2 aromatic rings. The van der Waals surface area contributed by atoms with Gasteiger partial charge in [0.05, 0.1) is 0 Å². The van der Waals surface area contributed by atoms with Crippen LogP contribution in [0.4, 0.5) is 11.4 Å². The zero-order valence-corrected chi connectivity index (χ0v) is 10.1. The van der Waals surface area contributed by atoms with Crippen LogP contribution in [0.3, 0.4) is 0 Å². The summed E-state index contributed by atoms with van der Waals surface area (Å²) in [4.78, 5) is 1.32. The van der Waals surface area contributed by atoms with Crippen molar-refractivity contribution in [1.82, 2.24) is 0 Å². The van der Waals surface area contributed by atoms with Gasteiger partial charge in [-0.05, 0) is 42.2 Å². The molecule has 2 aromatic carbocycles. The van der Waals surface area contributed by atoms with Crippen molar-refractivity contribution in [3.8, 4) is 0 Å². The third-order valence-electron chi connectivity index (χ3n) is 2.23. The van der Waals surface area contributed by atoms with E-state index in [0.29, 0.717) is 0 Å². The van der Waals surface area contributed by atoms with Crippen LogP contribution < -0.4 is 5.32 Å². The molecule has 0 aliphatic rings. The van der Waals surface area contributed by atoms with Crippen molar-refractivity contribution in [2.75, 3.05) is 11.1 Å². The van der Waals surface area contributed by atoms with Gasteiger partial charge in [-0.25, -0.2) is 0 Å². The number of thioether (sulfide) groups is 1. The molecule has 0 amide bonds. The summed E-state index contributed by atoms with van der Waals surface area (Å²) < 4.78 is 0. The fourth-order valence-corrected chi connectivity index (χ4v) is 2.15. The van der Waals surface area contributed by atoms with Gasteiger partial charge in [-0.3, -0.25) is 0 Å². The van der Waals surface area contributed by atoms with E-state index in [9.17, 15) is 0 Å².